The lowest BCUT2D eigenvalue weighted by Crippen LogP contribution is -2.10. The molecule has 0 atom stereocenters. The molecule has 1 amide bonds. The molecule has 0 unspecified atom stereocenters. The van der Waals surface area contributed by atoms with Crippen molar-refractivity contribution in [3.8, 4) is 21.7 Å². The number of thiophene rings is 1. The quantitative estimate of drug-likeness (QED) is 0.241. The predicted octanol–water partition coefficient (Wildman–Crippen LogP) is 7.31. The van der Waals surface area contributed by atoms with Crippen LogP contribution in [0, 0.1) is 17.0 Å². The fraction of sp³-hybridized carbons (Fsp3) is 0.200. The minimum Gasteiger partial charge on any atom is -0.297 e. The first-order valence-electron chi connectivity index (χ1n) is 10.4. The molecule has 6 nitrogen and oxygen atoms in total. The molecule has 168 valence electrons. The topological polar surface area (TPSA) is 85.1 Å². The van der Waals surface area contributed by atoms with Crippen LogP contribution in [0.1, 0.15) is 41.6 Å². The van der Waals surface area contributed by atoms with E-state index in [2.05, 4.69) is 50.4 Å². The van der Waals surface area contributed by atoms with Crippen molar-refractivity contribution in [2.24, 2.45) is 0 Å². The monoisotopic (exact) mass is 477 g/mol. The maximum Gasteiger partial charge on any atom is 0.324 e. The summed E-state index contributed by atoms with van der Waals surface area (Å²) in [4.78, 5) is 29.1. The zero-order chi connectivity index (χ0) is 23.8. The number of hydrogen-bond donors (Lipinski definition) is 1. The number of rotatable bonds is 5. The van der Waals surface area contributed by atoms with E-state index in [4.69, 9.17) is 4.98 Å². The molecule has 4 aromatic rings. The van der Waals surface area contributed by atoms with E-state index < -0.39 is 10.8 Å². The number of carbonyl (C=O) groups excluding carboxylic acids is 1. The first-order chi connectivity index (χ1) is 15.6. The number of benzene rings is 2. The van der Waals surface area contributed by atoms with Crippen LogP contribution in [0.2, 0.25) is 0 Å². The van der Waals surface area contributed by atoms with Crippen LogP contribution in [0.4, 0.5) is 10.1 Å². The summed E-state index contributed by atoms with van der Waals surface area (Å²) < 4.78 is 0. The van der Waals surface area contributed by atoms with Gasteiger partial charge in [-0.3, -0.25) is 20.2 Å². The molecule has 2 heterocycles. The van der Waals surface area contributed by atoms with Gasteiger partial charge in [-0.25, -0.2) is 4.98 Å². The molecule has 0 aliphatic carbocycles. The van der Waals surface area contributed by atoms with E-state index in [1.54, 1.807) is 0 Å². The van der Waals surface area contributed by atoms with Crippen LogP contribution in [0.5, 0.6) is 0 Å². The van der Waals surface area contributed by atoms with Crippen molar-refractivity contribution in [2.75, 3.05) is 5.32 Å². The molecule has 2 aromatic carbocycles. The van der Waals surface area contributed by atoms with Crippen molar-refractivity contribution in [1.82, 2.24) is 4.98 Å². The van der Waals surface area contributed by atoms with Crippen LogP contribution in [0.15, 0.2) is 60.7 Å². The second kappa shape index (κ2) is 8.88. The Hall–Kier alpha value is -3.36. The lowest BCUT2D eigenvalue weighted by molar-refractivity contribution is -0.380. The van der Waals surface area contributed by atoms with E-state index in [9.17, 15) is 14.9 Å². The van der Waals surface area contributed by atoms with Crippen LogP contribution < -0.4 is 5.32 Å². The van der Waals surface area contributed by atoms with Crippen LogP contribution in [-0.4, -0.2) is 15.8 Å². The number of carbonyl (C=O) groups is 1. The van der Waals surface area contributed by atoms with Crippen LogP contribution in [-0.2, 0) is 5.41 Å². The van der Waals surface area contributed by atoms with Crippen molar-refractivity contribution < 1.29 is 9.72 Å². The van der Waals surface area contributed by atoms with Crippen LogP contribution >= 0.6 is 22.7 Å². The summed E-state index contributed by atoms with van der Waals surface area (Å²) in [6.07, 6.45) is 0. The number of aromatic nitrogens is 1. The van der Waals surface area contributed by atoms with Gasteiger partial charge in [0.2, 0.25) is 0 Å². The number of nitrogens with one attached hydrogen (secondary N) is 1. The summed E-state index contributed by atoms with van der Waals surface area (Å²) in [5.74, 6) is -0.410. The lowest BCUT2D eigenvalue weighted by Gasteiger charge is -2.19. The zero-order valence-electron chi connectivity index (χ0n) is 18.7. The standard InChI is InChI=1S/C25H23N3O3S2/c1-15-5-7-17(8-6-15)22-21(16-9-11-18(12-10-16)25(2,3)4)26-24(33-22)27-23(29)19-13-14-20(32-19)28(30)31/h5-14H,1-4H3,(H,26,27,29). The third kappa shape index (κ3) is 5.02. The van der Waals surface area contributed by atoms with Crippen molar-refractivity contribution in [2.45, 2.75) is 33.1 Å². The Morgan fingerprint density at radius 1 is 0.939 bits per heavy atom. The number of anilines is 1. The van der Waals surface area contributed by atoms with Gasteiger partial charge in [0.1, 0.15) is 0 Å². The zero-order valence-corrected chi connectivity index (χ0v) is 20.3. The molecule has 0 fully saturated rings. The second-order valence-electron chi connectivity index (χ2n) is 8.74. The Kier molecular flexibility index (Phi) is 6.14. The van der Waals surface area contributed by atoms with Gasteiger partial charge >= 0.3 is 5.00 Å². The highest BCUT2D eigenvalue weighted by Gasteiger charge is 2.20. The van der Waals surface area contributed by atoms with E-state index in [0.717, 1.165) is 38.6 Å². The SMILES string of the molecule is Cc1ccc(-c2sc(NC(=O)c3ccc([N+](=O)[O-])s3)nc2-c2ccc(C(C)(C)C)cc2)cc1. The molecular formula is C25H23N3O3S2. The maximum absolute atomic E-state index is 12.7. The van der Waals surface area contributed by atoms with Crippen molar-refractivity contribution >= 4 is 38.7 Å². The Labute approximate surface area is 200 Å². The summed E-state index contributed by atoms with van der Waals surface area (Å²) in [6, 6.07) is 19.3. The van der Waals surface area contributed by atoms with Gasteiger partial charge in [0.05, 0.1) is 20.4 Å². The number of hydrogen-bond acceptors (Lipinski definition) is 6. The minimum atomic E-state index is -0.500. The van der Waals surface area contributed by atoms with E-state index in [1.807, 2.05) is 31.2 Å². The molecule has 0 spiro atoms. The van der Waals surface area contributed by atoms with Gasteiger partial charge < -0.3 is 0 Å². The Balaban J connectivity index is 1.71. The highest BCUT2D eigenvalue weighted by Crippen LogP contribution is 2.40. The molecule has 8 heteroatoms. The average Bonchev–Trinajstić information content (AvgIpc) is 3.42. The molecule has 0 bridgehead atoms. The third-order valence-electron chi connectivity index (χ3n) is 5.18. The van der Waals surface area contributed by atoms with Crippen molar-refractivity contribution in [3.05, 3.63) is 86.8 Å². The number of aryl methyl sites for hydroxylation is 1. The number of nitrogens with zero attached hydrogens (tertiary/aromatic N) is 2. The van der Waals surface area contributed by atoms with Gasteiger partial charge in [-0.2, -0.15) is 0 Å². The molecule has 2 aromatic heterocycles. The van der Waals surface area contributed by atoms with Gasteiger partial charge in [0, 0.05) is 11.6 Å². The Morgan fingerprint density at radius 3 is 2.15 bits per heavy atom. The van der Waals surface area contributed by atoms with E-state index in [-0.39, 0.29) is 15.3 Å². The van der Waals surface area contributed by atoms with E-state index >= 15 is 0 Å². The molecule has 4 rings (SSSR count). The Bertz CT molecular complexity index is 1310. The second-order valence-corrected chi connectivity index (χ2v) is 10.8. The van der Waals surface area contributed by atoms with Gasteiger partial charge in [-0.05, 0) is 29.5 Å². The average molecular weight is 478 g/mol. The summed E-state index contributed by atoms with van der Waals surface area (Å²) >= 11 is 2.23. The first kappa shape index (κ1) is 22.8. The number of thiazole rings is 1. The predicted molar refractivity (Wildman–Crippen MR) is 135 cm³/mol. The summed E-state index contributed by atoms with van der Waals surface area (Å²) in [6.45, 7) is 8.55. The molecule has 0 radical (unpaired) electrons. The molecule has 0 saturated heterocycles. The van der Waals surface area contributed by atoms with Crippen LogP contribution in [0.25, 0.3) is 21.7 Å². The molecule has 0 aliphatic heterocycles. The maximum atomic E-state index is 12.7. The minimum absolute atomic E-state index is 0.0445. The smallest absolute Gasteiger partial charge is 0.297 e. The first-order valence-corrected chi connectivity index (χ1v) is 12.0. The normalized spacial score (nSPS) is 11.4. The number of amides is 1. The van der Waals surface area contributed by atoms with Gasteiger partial charge in [-0.1, -0.05) is 97.5 Å². The lowest BCUT2D eigenvalue weighted by atomic mass is 9.86. The molecule has 0 aliphatic rings. The molecule has 0 saturated carbocycles. The molecular weight excluding hydrogens is 454 g/mol. The molecule has 33 heavy (non-hydrogen) atoms. The highest BCUT2D eigenvalue weighted by atomic mass is 32.1. The Morgan fingerprint density at radius 2 is 1.58 bits per heavy atom. The van der Waals surface area contributed by atoms with Crippen molar-refractivity contribution in [1.29, 1.82) is 0 Å². The summed E-state index contributed by atoms with van der Waals surface area (Å²) in [5, 5.41) is 14.1. The van der Waals surface area contributed by atoms with Gasteiger partial charge in [0.15, 0.2) is 5.13 Å². The van der Waals surface area contributed by atoms with Crippen LogP contribution in [0.3, 0.4) is 0 Å². The molecule has 1 N–H and O–H groups in total. The summed E-state index contributed by atoms with van der Waals surface area (Å²) in [5.41, 5.74) is 5.19. The fourth-order valence-corrected chi connectivity index (χ4v) is 5.01. The van der Waals surface area contributed by atoms with Crippen molar-refractivity contribution in [3.63, 3.8) is 0 Å². The van der Waals surface area contributed by atoms with Gasteiger partial charge in [0.25, 0.3) is 5.91 Å². The summed E-state index contributed by atoms with van der Waals surface area (Å²) in [7, 11) is 0. The highest BCUT2D eigenvalue weighted by molar-refractivity contribution is 7.20. The van der Waals surface area contributed by atoms with Gasteiger partial charge in [-0.15, -0.1) is 0 Å². The number of nitro groups is 1. The fourth-order valence-electron chi connectivity index (χ4n) is 3.30. The third-order valence-corrected chi connectivity index (χ3v) is 7.24. The van der Waals surface area contributed by atoms with E-state index in [1.165, 1.54) is 29.0 Å². The largest absolute Gasteiger partial charge is 0.324 e. The van der Waals surface area contributed by atoms with E-state index in [0.29, 0.717) is 5.13 Å².